The van der Waals surface area contributed by atoms with Crippen LogP contribution in [-0.2, 0) is 16.0 Å². The number of pyridine rings is 1. The molecule has 170 valence electrons. The zero-order chi connectivity index (χ0) is 23.2. The molecule has 0 saturated carbocycles. The van der Waals surface area contributed by atoms with E-state index in [1.807, 2.05) is 36.4 Å². The molecule has 0 spiro atoms. The number of rotatable bonds is 9. The van der Waals surface area contributed by atoms with Crippen molar-refractivity contribution in [3.8, 4) is 0 Å². The number of aromatic nitrogens is 2. The molecular weight excluding hydrogens is 456 g/mol. The molecular formula is C24H24N4O3S2. The fourth-order valence-corrected chi connectivity index (χ4v) is 4.79. The zero-order valence-electron chi connectivity index (χ0n) is 18.2. The first-order chi connectivity index (χ1) is 16.1. The molecule has 9 heteroatoms. The van der Waals surface area contributed by atoms with Crippen molar-refractivity contribution in [1.29, 1.82) is 0 Å². The maximum atomic E-state index is 13.3. The lowest BCUT2D eigenvalue weighted by Crippen LogP contribution is -2.30. The predicted octanol–water partition coefficient (Wildman–Crippen LogP) is 3.59. The smallest absolute Gasteiger partial charge is 0.267 e. The number of nitrogens with zero attached hydrogens (tertiary/aromatic N) is 3. The summed E-state index contributed by atoms with van der Waals surface area (Å²) in [6.45, 7) is 1.67. The highest BCUT2D eigenvalue weighted by Gasteiger charge is 2.32. The summed E-state index contributed by atoms with van der Waals surface area (Å²) < 4.78 is 7.06. The average molecular weight is 481 g/mol. The summed E-state index contributed by atoms with van der Waals surface area (Å²) in [4.78, 5) is 33.0. The fourth-order valence-electron chi connectivity index (χ4n) is 3.50. The summed E-state index contributed by atoms with van der Waals surface area (Å²) >= 11 is 6.68. The minimum atomic E-state index is -0.246. The first-order valence-electron chi connectivity index (χ1n) is 10.6. The number of nitrogens with one attached hydrogen (secondary N) is 1. The van der Waals surface area contributed by atoms with Crippen LogP contribution >= 0.6 is 24.0 Å². The van der Waals surface area contributed by atoms with Crippen LogP contribution in [0.5, 0.6) is 0 Å². The number of thioether (sulfide) groups is 1. The van der Waals surface area contributed by atoms with Gasteiger partial charge in [0.25, 0.3) is 11.5 Å². The highest BCUT2D eigenvalue weighted by Crippen LogP contribution is 2.33. The highest BCUT2D eigenvalue weighted by atomic mass is 32.2. The number of benzene rings is 1. The third kappa shape index (κ3) is 5.32. The maximum Gasteiger partial charge on any atom is 0.267 e. The Hall–Kier alpha value is -3.01. The summed E-state index contributed by atoms with van der Waals surface area (Å²) in [7, 11) is 1.64. The van der Waals surface area contributed by atoms with Crippen LogP contribution in [0, 0.1) is 0 Å². The normalized spacial score (nSPS) is 15.1. The Morgan fingerprint density at radius 1 is 1.15 bits per heavy atom. The second kappa shape index (κ2) is 10.7. The second-order valence-electron chi connectivity index (χ2n) is 7.45. The Bertz CT molecular complexity index is 1260. The van der Waals surface area contributed by atoms with Crippen LogP contribution in [0.1, 0.15) is 17.5 Å². The molecule has 2 aromatic heterocycles. The molecule has 1 saturated heterocycles. The Morgan fingerprint density at radius 3 is 2.73 bits per heavy atom. The molecule has 7 nitrogen and oxygen atoms in total. The van der Waals surface area contributed by atoms with Crippen molar-refractivity contribution in [2.24, 2.45) is 0 Å². The van der Waals surface area contributed by atoms with Gasteiger partial charge in [-0.1, -0.05) is 60.4 Å². The van der Waals surface area contributed by atoms with Gasteiger partial charge in [0.15, 0.2) is 0 Å². The van der Waals surface area contributed by atoms with Crippen LogP contribution in [0.4, 0.5) is 5.82 Å². The van der Waals surface area contributed by atoms with Gasteiger partial charge >= 0.3 is 0 Å². The number of thiocarbonyl (C=S) groups is 1. The molecule has 3 aromatic rings. The third-order valence-corrected chi connectivity index (χ3v) is 6.58. The summed E-state index contributed by atoms with van der Waals surface area (Å²) in [5, 5.41) is 3.22. The molecule has 0 bridgehead atoms. The molecule has 33 heavy (non-hydrogen) atoms. The van der Waals surface area contributed by atoms with Crippen molar-refractivity contribution in [2.45, 2.75) is 12.8 Å². The standard InChI is InChI=1S/C24H24N4O3S2/c1-31-15-7-12-25-21-18(22(29)27-13-6-5-10-20(27)26-21)16-19-23(30)28(24(32)33-19)14-11-17-8-3-2-4-9-17/h2-6,8-10,13,16,25H,7,11-12,14-15H2,1H3/b19-16+. The molecule has 1 amide bonds. The van der Waals surface area contributed by atoms with Crippen LogP contribution in [0.25, 0.3) is 11.7 Å². The van der Waals surface area contributed by atoms with Gasteiger partial charge in [0, 0.05) is 33.0 Å². The van der Waals surface area contributed by atoms with E-state index in [-0.39, 0.29) is 11.5 Å². The van der Waals surface area contributed by atoms with Gasteiger partial charge in [-0.3, -0.25) is 18.9 Å². The Balaban J connectivity index is 1.62. The number of hydrogen-bond donors (Lipinski definition) is 1. The summed E-state index contributed by atoms with van der Waals surface area (Å²) in [5.74, 6) is 0.251. The van der Waals surface area contributed by atoms with E-state index >= 15 is 0 Å². The Kier molecular flexibility index (Phi) is 7.54. The molecule has 0 atom stereocenters. The van der Waals surface area contributed by atoms with E-state index in [0.717, 1.165) is 12.0 Å². The highest BCUT2D eigenvalue weighted by molar-refractivity contribution is 8.26. The van der Waals surface area contributed by atoms with Gasteiger partial charge < -0.3 is 10.1 Å². The van der Waals surface area contributed by atoms with Crippen molar-refractivity contribution in [1.82, 2.24) is 14.3 Å². The Labute approximate surface area is 201 Å². The lowest BCUT2D eigenvalue weighted by atomic mass is 10.1. The number of amides is 1. The quantitative estimate of drug-likeness (QED) is 0.285. The van der Waals surface area contributed by atoms with Gasteiger partial charge in [0.1, 0.15) is 15.8 Å². The SMILES string of the molecule is COCCCNc1nc2ccccn2c(=O)c1/C=C1/SC(=S)N(CCc2ccccc2)C1=O. The van der Waals surface area contributed by atoms with E-state index in [1.54, 1.807) is 36.4 Å². The van der Waals surface area contributed by atoms with Crippen LogP contribution in [-0.4, -0.2) is 51.3 Å². The fraction of sp³-hybridized carbons (Fsp3) is 0.250. The van der Waals surface area contributed by atoms with Crippen molar-refractivity contribution in [2.75, 3.05) is 32.1 Å². The molecule has 0 aliphatic carbocycles. The number of anilines is 1. The molecule has 1 aromatic carbocycles. The zero-order valence-corrected chi connectivity index (χ0v) is 19.8. The summed E-state index contributed by atoms with van der Waals surface area (Å²) in [5.41, 5.74) is 1.75. The molecule has 3 heterocycles. The lowest BCUT2D eigenvalue weighted by Gasteiger charge is -2.14. The summed E-state index contributed by atoms with van der Waals surface area (Å²) in [6.07, 6.45) is 4.73. The van der Waals surface area contributed by atoms with Crippen LogP contribution < -0.4 is 10.9 Å². The first kappa shape index (κ1) is 23.2. The molecule has 0 radical (unpaired) electrons. The van der Waals surface area contributed by atoms with Crippen molar-refractivity contribution < 1.29 is 9.53 Å². The van der Waals surface area contributed by atoms with Crippen LogP contribution in [0.15, 0.2) is 64.4 Å². The van der Waals surface area contributed by atoms with Crippen molar-refractivity contribution in [3.05, 3.63) is 81.1 Å². The molecule has 4 rings (SSSR count). The van der Waals surface area contributed by atoms with Gasteiger partial charge in [0.05, 0.1) is 10.5 Å². The van der Waals surface area contributed by atoms with Gasteiger partial charge in [-0.05, 0) is 36.6 Å². The van der Waals surface area contributed by atoms with Crippen LogP contribution in [0.3, 0.4) is 0 Å². The molecule has 1 fully saturated rings. The minimum absolute atomic E-state index is 0.191. The average Bonchev–Trinajstić information content (AvgIpc) is 3.10. The van der Waals surface area contributed by atoms with E-state index in [4.69, 9.17) is 17.0 Å². The maximum absolute atomic E-state index is 13.3. The van der Waals surface area contributed by atoms with E-state index in [9.17, 15) is 9.59 Å². The lowest BCUT2D eigenvalue weighted by molar-refractivity contribution is -0.122. The largest absolute Gasteiger partial charge is 0.385 e. The van der Waals surface area contributed by atoms with Crippen molar-refractivity contribution >= 4 is 51.7 Å². The Morgan fingerprint density at radius 2 is 1.94 bits per heavy atom. The predicted molar refractivity (Wildman–Crippen MR) is 136 cm³/mol. The summed E-state index contributed by atoms with van der Waals surface area (Å²) in [6, 6.07) is 15.3. The van der Waals surface area contributed by atoms with Gasteiger partial charge in [-0.2, -0.15) is 0 Å². The number of ether oxygens (including phenoxy) is 1. The topological polar surface area (TPSA) is 75.9 Å². The number of carbonyl (C=O) groups is 1. The number of hydrogen-bond acceptors (Lipinski definition) is 7. The van der Waals surface area contributed by atoms with Gasteiger partial charge in [-0.15, -0.1) is 0 Å². The first-order valence-corrected chi connectivity index (χ1v) is 11.8. The number of methoxy groups -OCH3 is 1. The minimum Gasteiger partial charge on any atom is -0.385 e. The second-order valence-corrected chi connectivity index (χ2v) is 9.13. The third-order valence-electron chi connectivity index (χ3n) is 5.20. The van der Waals surface area contributed by atoms with Crippen LogP contribution in [0.2, 0.25) is 0 Å². The van der Waals surface area contributed by atoms with E-state index < -0.39 is 0 Å². The van der Waals surface area contributed by atoms with E-state index in [0.29, 0.717) is 52.4 Å². The van der Waals surface area contributed by atoms with E-state index in [1.165, 1.54) is 16.2 Å². The monoisotopic (exact) mass is 480 g/mol. The molecule has 1 aliphatic heterocycles. The number of carbonyl (C=O) groups excluding carboxylic acids is 1. The van der Waals surface area contributed by atoms with Crippen molar-refractivity contribution in [3.63, 3.8) is 0 Å². The van der Waals surface area contributed by atoms with Gasteiger partial charge in [0.2, 0.25) is 0 Å². The molecule has 1 aliphatic rings. The molecule has 0 unspecified atom stereocenters. The molecule has 1 N–H and O–H groups in total. The van der Waals surface area contributed by atoms with Gasteiger partial charge in [-0.25, -0.2) is 4.98 Å². The number of fused-ring (bicyclic) bond motifs is 1. The van der Waals surface area contributed by atoms with E-state index in [2.05, 4.69) is 10.3 Å².